The first-order chi connectivity index (χ1) is 10.0. The van der Waals surface area contributed by atoms with Gasteiger partial charge in [0.1, 0.15) is 11.4 Å². The van der Waals surface area contributed by atoms with Crippen LogP contribution in [0, 0.1) is 0 Å². The number of sulfonamides is 1. The van der Waals surface area contributed by atoms with Gasteiger partial charge in [0.25, 0.3) is 0 Å². The fourth-order valence-electron chi connectivity index (χ4n) is 1.86. The molecule has 3 rings (SSSR count). The number of aromatic nitrogens is 2. The Hall–Kier alpha value is -2.45. The molecule has 0 fully saturated rings. The maximum atomic E-state index is 12.2. The highest BCUT2D eigenvalue weighted by Gasteiger charge is 2.15. The highest BCUT2D eigenvalue weighted by atomic mass is 32.2. The van der Waals surface area contributed by atoms with Crippen LogP contribution in [0.2, 0.25) is 0 Å². The average molecular weight is 305 g/mol. The number of fused-ring (bicyclic) bond motifs is 1. The van der Waals surface area contributed by atoms with Gasteiger partial charge in [-0.25, -0.2) is 22.9 Å². The number of hydrogen-bond donors (Lipinski definition) is 2. The number of nitrogens with one attached hydrogen (secondary N) is 2. The van der Waals surface area contributed by atoms with Crippen molar-refractivity contribution >= 4 is 21.0 Å². The van der Waals surface area contributed by atoms with Crippen molar-refractivity contribution in [1.29, 1.82) is 0 Å². The van der Waals surface area contributed by atoms with Gasteiger partial charge in [-0.1, -0.05) is 0 Å². The van der Waals surface area contributed by atoms with E-state index >= 15 is 0 Å². The normalized spacial score (nSPS) is 11.8. The molecule has 2 N–H and O–H groups in total. The third kappa shape index (κ3) is 2.86. The lowest BCUT2D eigenvalue weighted by Gasteiger charge is -2.06. The van der Waals surface area contributed by atoms with Gasteiger partial charge in [0, 0.05) is 23.8 Å². The lowest BCUT2D eigenvalue weighted by Crippen LogP contribution is -2.23. The molecule has 8 heteroatoms. The highest BCUT2D eigenvalue weighted by Crippen LogP contribution is 2.17. The topological polar surface area (TPSA) is 105 Å². The molecule has 108 valence electrons. The standard InChI is InChI=1S/C13H11N3O4S/c17-13-4-1-9-7-10(2-3-11(9)20-13)21(18,19)16-8-12-14-5-6-15-12/h1-7,16H,8H2,(H,14,15). The summed E-state index contributed by atoms with van der Waals surface area (Å²) in [6.07, 6.45) is 3.16. The van der Waals surface area contributed by atoms with E-state index in [1.165, 1.54) is 30.3 Å². The minimum atomic E-state index is -3.67. The van der Waals surface area contributed by atoms with E-state index < -0.39 is 15.6 Å². The molecule has 3 aromatic rings. The van der Waals surface area contributed by atoms with Crippen LogP contribution in [-0.2, 0) is 16.6 Å². The number of H-pyrrole nitrogens is 1. The summed E-state index contributed by atoms with van der Waals surface area (Å²) < 4.78 is 31.8. The van der Waals surface area contributed by atoms with E-state index in [9.17, 15) is 13.2 Å². The molecule has 21 heavy (non-hydrogen) atoms. The number of rotatable bonds is 4. The van der Waals surface area contributed by atoms with Crippen molar-refractivity contribution in [3.05, 3.63) is 59.0 Å². The van der Waals surface area contributed by atoms with Crippen LogP contribution in [0.5, 0.6) is 0 Å². The van der Waals surface area contributed by atoms with Gasteiger partial charge >= 0.3 is 5.63 Å². The Morgan fingerprint density at radius 3 is 2.86 bits per heavy atom. The number of hydrogen-bond acceptors (Lipinski definition) is 5. The third-order valence-electron chi connectivity index (χ3n) is 2.89. The van der Waals surface area contributed by atoms with E-state index in [0.29, 0.717) is 16.8 Å². The number of nitrogens with zero attached hydrogens (tertiary/aromatic N) is 1. The first-order valence-electron chi connectivity index (χ1n) is 6.06. The summed E-state index contributed by atoms with van der Waals surface area (Å²) in [6.45, 7) is 0.0667. The smallest absolute Gasteiger partial charge is 0.336 e. The maximum absolute atomic E-state index is 12.2. The Bertz CT molecular complexity index is 929. The van der Waals surface area contributed by atoms with Gasteiger partial charge in [-0.05, 0) is 24.3 Å². The summed E-state index contributed by atoms with van der Waals surface area (Å²) >= 11 is 0. The quantitative estimate of drug-likeness (QED) is 0.699. The zero-order valence-electron chi connectivity index (χ0n) is 10.7. The lowest BCUT2D eigenvalue weighted by molar-refractivity contribution is 0.560. The van der Waals surface area contributed by atoms with Gasteiger partial charge < -0.3 is 9.40 Å². The number of aromatic amines is 1. The molecule has 0 unspecified atom stereocenters. The molecule has 7 nitrogen and oxygen atoms in total. The molecular formula is C13H11N3O4S. The molecule has 0 spiro atoms. The number of imidazole rings is 1. The first kappa shape index (κ1) is 13.5. The Morgan fingerprint density at radius 2 is 2.10 bits per heavy atom. The molecule has 1 aromatic carbocycles. The second-order valence-corrected chi connectivity index (χ2v) is 6.08. The Kier molecular flexibility index (Phi) is 3.32. The fraction of sp³-hybridized carbons (Fsp3) is 0.0769. The van der Waals surface area contributed by atoms with E-state index in [-0.39, 0.29) is 11.4 Å². The van der Waals surface area contributed by atoms with Gasteiger partial charge in [-0.3, -0.25) is 0 Å². The summed E-state index contributed by atoms with van der Waals surface area (Å²) in [5.41, 5.74) is -0.137. The van der Waals surface area contributed by atoms with Crippen LogP contribution >= 0.6 is 0 Å². The lowest BCUT2D eigenvalue weighted by atomic mass is 10.2. The zero-order chi connectivity index (χ0) is 14.9. The fourth-order valence-corrected chi connectivity index (χ4v) is 2.88. The SMILES string of the molecule is O=c1ccc2cc(S(=O)(=O)NCc3ncc[nH]3)ccc2o1. The van der Waals surface area contributed by atoms with Gasteiger partial charge in [-0.15, -0.1) is 0 Å². The largest absolute Gasteiger partial charge is 0.423 e. The van der Waals surface area contributed by atoms with E-state index in [1.807, 2.05) is 0 Å². The van der Waals surface area contributed by atoms with Crippen molar-refractivity contribution in [2.24, 2.45) is 0 Å². The molecule has 0 saturated heterocycles. The molecule has 0 radical (unpaired) electrons. The van der Waals surface area contributed by atoms with Crippen molar-refractivity contribution in [2.75, 3.05) is 0 Å². The predicted molar refractivity (Wildman–Crippen MR) is 75.1 cm³/mol. The van der Waals surface area contributed by atoms with Gasteiger partial charge in [0.05, 0.1) is 11.4 Å². The molecule has 2 aromatic heterocycles. The molecular weight excluding hydrogens is 294 g/mol. The second-order valence-electron chi connectivity index (χ2n) is 4.31. The van der Waals surface area contributed by atoms with Crippen molar-refractivity contribution < 1.29 is 12.8 Å². The Morgan fingerprint density at radius 1 is 1.24 bits per heavy atom. The Balaban J connectivity index is 1.91. The summed E-state index contributed by atoms with van der Waals surface area (Å²) in [6, 6.07) is 7.05. The Labute approximate surface area is 119 Å². The van der Waals surface area contributed by atoms with Crippen LogP contribution in [-0.4, -0.2) is 18.4 Å². The van der Waals surface area contributed by atoms with Gasteiger partial charge in [-0.2, -0.15) is 0 Å². The maximum Gasteiger partial charge on any atom is 0.336 e. The zero-order valence-corrected chi connectivity index (χ0v) is 11.6. The summed E-state index contributed by atoms with van der Waals surface area (Å²) in [5, 5.41) is 0.537. The van der Waals surface area contributed by atoms with Crippen LogP contribution in [0.1, 0.15) is 5.82 Å². The van der Waals surface area contributed by atoms with Gasteiger partial charge in [0.15, 0.2) is 0 Å². The molecule has 0 bridgehead atoms. The van der Waals surface area contributed by atoms with E-state index in [0.717, 1.165) is 0 Å². The summed E-state index contributed by atoms with van der Waals surface area (Å²) in [4.78, 5) is 17.9. The molecule has 0 aliphatic rings. The van der Waals surface area contributed by atoms with E-state index in [1.54, 1.807) is 12.4 Å². The molecule has 0 atom stereocenters. The summed E-state index contributed by atoms with van der Waals surface area (Å²) in [7, 11) is -3.67. The third-order valence-corrected chi connectivity index (χ3v) is 4.28. The predicted octanol–water partition coefficient (Wildman–Crippen LogP) is 0.995. The average Bonchev–Trinajstić information content (AvgIpc) is 2.98. The number of benzene rings is 1. The second kappa shape index (κ2) is 5.15. The van der Waals surface area contributed by atoms with E-state index in [2.05, 4.69) is 14.7 Å². The molecule has 0 aliphatic heterocycles. The van der Waals surface area contributed by atoms with Crippen LogP contribution < -0.4 is 10.3 Å². The minimum Gasteiger partial charge on any atom is -0.423 e. The van der Waals surface area contributed by atoms with Crippen LogP contribution in [0.25, 0.3) is 11.0 Å². The van der Waals surface area contributed by atoms with Crippen LogP contribution in [0.4, 0.5) is 0 Å². The monoisotopic (exact) mass is 305 g/mol. The van der Waals surface area contributed by atoms with Crippen molar-refractivity contribution in [2.45, 2.75) is 11.4 Å². The molecule has 0 saturated carbocycles. The van der Waals surface area contributed by atoms with Crippen molar-refractivity contribution in [1.82, 2.24) is 14.7 Å². The van der Waals surface area contributed by atoms with Crippen molar-refractivity contribution in [3.8, 4) is 0 Å². The van der Waals surface area contributed by atoms with Crippen molar-refractivity contribution in [3.63, 3.8) is 0 Å². The highest BCUT2D eigenvalue weighted by molar-refractivity contribution is 7.89. The summed E-state index contributed by atoms with van der Waals surface area (Å²) in [5.74, 6) is 0.519. The van der Waals surface area contributed by atoms with Crippen LogP contribution in [0.15, 0.2) is 56.8 Å². The molecule has 2 heterocycles. The first-order valence-corrected chi connectivity index (χ1v) is 7.55. The van der Waals surface area contributed by atoms with E-state index in [4.69, 9.17) is 4.42 Å². The minimum absolute atomic E-state index is 0.0667. The van der Waals surface area contributed by atoms with Crippen LogP contribution in [0.3, 0.4) is 0 Å². The molecule has 0 amide bonds. The van der Waals surface area contributed by atoms with Gasteiger partial charge in [0.2, 0.25) is 10.0 Å². The molecule has 0 aliphatic carbocycles.